The SMILES string of the molecule is CC(C)NC(=O)CN(C)c1cc(C(F)(F)F)ncc1N. The van der Waals surface area contributed by atoms with E-state index in [9.17, 15) is 18.0 Å². The minimum Gasteiger partial charge on any atom is -0.396 e. The maximum absolute atomic E-state index is 12.6. The van der Waals surface area contributed by atoms with Crippen LogP contribution < -0.4 is 16.0 Å². The van der Waals surface area contributed by atoms with Crippen LogP contribution in [0, 0.1) is 0 Å². The number of anilines is 2. The summed E-state index contributed by atoms with van der Waals surface area (Å²) in [5.41, 5.74) is 4.76. The minimum absolute atomic E-state index is 0.0450. The lowest BCUT2D eigenvalue weighted by molar-refractivity contribution is -0.141. The zero-order chi connectivity index (χ0) is 15.5. The number of carbonyl (C=O) groups excluding carboxylic acids is 1. The maximum Gasteiger partial charge on any atom is 0.433 e. The number of nitrogen functional groups attached to an aromatic ring is 1. The Bertz CT molecular complexity index is 488. The standard InChI is InChI=1S/C12H17F3N4O/c1-7(2)18-11(20)6-19(3)9-4-10(12(13,14)15)17-5-8(9)16/h4-5,7H,6,16H2,1-3H3,(H,18,20). The summed E-state index contributed by atoms with van der Waals surface area (Å²) in [6, 6.07) is 0.786. The molecule has 1 aromatic heterocycles. The highest BCUT2D eigenvalue weighted by Gasteiger charge is 2.33. The van der Waals surface area contributed by atoms with Gasteiger partial charge in [-0.3, -0.25) is 4.79 Å². The Hall–Kier alpha value is -1.99. The number of nitrogens with two attached hydrogens (primary N) is 1. The van der Waals surface area contributed by atoms with E-state index in [2.05, 4.69) is 10.3 Å². The van der Waals surface area contributed by atoms with Crippen LogP contribution in [0.5, 0.6) is 0 Å². The van der Waals surface area contributed by atoms with Gasteiger partial charge in [0, 0.05) is 13.1 Å². The summed E-state index contributed by atoms with van der Waals surface area (Å²) in [4.78, 5) is 16.2. The molecular weight excluding hydrogens is 273 g/mol. The molecular formula is C12H17F3N4O. The smallest absolute Gasteiger partial charge is 0.396 e. The first-order chi connectivity index (χ1) is 9.11. The molecule has 0 aromatic carbocycles. The number of amides is 1. The van der Waals surface area contributed by atoms with Crippen molar-refractivity contribution in [1.82, 2.24) is 10.3 Å². The molecule has 1 heterocycles. The highest BCUT2D eigenvalue weighted by atomic mass is 19.4. The fraction of sp³-hybridized carbons (Fsp3) is 0.500. The summed E-state index contributed by atoms with van der Waals surface area (Å²) in [6.45, 7) is 3.49. The minimum atomic E-state index is -4.55. The van der Waals surface area contributed by atoms with Crippen molar-refractivity contribution in [2.24, 2.45) is 0 Å². The third kappa shape index (κ3) is 4.29. The number of rotatable bonds is 4. The van der Waals surface area contributed by atoms with Crippen molar-refractivity contribution in [1.29, 1.82) is 0 Å². The van der Waals surface area contributed by atoms with E-state index < -0.39 is 11.9 Å². The largest absolute Gasteiger partial charge is 0.433 e. The molecule has 5 nitrogen and oxygen atoms in total. The number of aromatic nitrogens is 1. The topological polar surface area (TPSA) is 71.2 Å². The average Bonchev–Trinajstić information content (AvgIpc) is 2.26. The van der Waals surface area contributed by atoms with E-state index in [1.165, 1.54) is 11.9 Å². The van der Waals surface area contributed by atoms with Crippen LogP contribution in [0.15, 0.2) is 12.3 Å². The molecule has 0 aliphatic rings. The van der Waals surface area contributed by atoms with Gasteiger partial charge in [-0.25, -0.2) is 4.98 Å². The molecule has 20 heavy (non-hydrogen) atoms. The van der Waals surface area contributed by atoms with E-state index in [0.29, 0.717) is 0 Å². The molecule has 1 amide bonds. The second kappa shape index (κ2) is 5.98. The van der Waals surface area contributed by atoms with Gasteiger partial charge in [-0.05, 0) is 19.9 Å². The van der Waals surface area contributed by atoms with Gasteiger partial charge >= 0.3 is 6.18 Å². The molecule has 0 fully saturated rings. The Kier molecular flexibility index (Phi) is 4.80. The Morgan fingerprint density at radius 2 is 2.10 bits per heavy atom. The lowest BCUT2D eigenvalue weighted by atomic mass is 10.2. The Morgan fingerprint density at radius 3 is 2.60 bits per heavy atom. The van der Waals surface area contributed by atoms with Crippen molar-refractivity contribution in [3.8, 4) is 0 Å². The van der Waals surface area contributed by atoms with Gasteiger partial charge in [0.1, 0.15) is 5.69 Å². The zero-order valence-corrected chi connectivity index (χ0v) is 11.5. The Morgan fingerprint density at radius 1 is 1.50 bits per heavy atom. The molecule has 0 saturated heterocycles. The van der Waals surface area contributed by atoms with E-state index in [-0.39, 0.29) is 29.9 Å². The number of pyridine rings is 1. The number of alkyl halides is 3. The second-order valence-electron chi connectivity index (χ2n) is 4.70. The van der Waals surface area contributed by atoms with E-state index in [4.69, 9.17) is 5.73 Å². The zero-order valence-electron chi connectivity index (χ0n) is 11.5. The van der Waals surface area contributed by atoms with Crippen molar-refractivity contribution < 1.29 is 18.0 Å². The Labute approximate surface area is 115 Å². The van der Waals surface area contributed by atoms with Gasteiger partial charge in [0.25, 0.3) is 0 Å². The number of nitrogens with zero attached hydrogens (tertiary/aromatic N) is 2. The molecule has 1 rings (SSSR count). The summed E-state index contributed by atoms with van der Waals surface area (Å²) >= 11 is 0. The van der Waals surface area contributed by atoms with Crippen LogP contribution in [0.2, 0.25) is 0 Å². The molecule has 0 radical (unpaired) electrons. The average molecular weight is 290 g/mol. The fourth-order valence-electron chi connectivity index (χ4n) is 1.61. The van der Waals surface area contributed by atoms with E-state index >= 15 is 0 Å². The van der Waals surface area contributed by atoms with E-state index in [0.717, 1.165) is 12.3 Å². The van der Waals surface area contributed by atoms with Crippen molar-refractivity contribution in [3.05, 3.63) is 18.0 Å². The first-order valence-electron chi connectivity index (χ1n) is 5.94. The monoisotopic (exact) mass is 290 g/mol. The van der Waals surface area contributed by atoms with Crippen molar-refractivity contribution >= 4 is 17.3 Å². The van der Waals surface area contributed by atoms with Crippen LogP contribution in [0.25, 0.3) is 0 Å². The summed E-state index contributed by atoms with van der Waals surface area (Å²) in [7, 11) is 1.49. The van der Waals surface area contributed by atoms with Gasteiger partial charge in [-0.2, -0.15) is 13.2 Å². The molecule has 1 aromatic rings. The molecule has 0 unspecified atom stereocenters. The van der Waals surface area contributed by atoms with Crippen LogP contribution in [0.3, 0.4) is 0 Å². The first kappa shape index (κ1) is 16.1. The third-order valence-corrected chi connectivity index (χ3v) is 2.44. The molecule has 8 heteroatoms. The quantitative estimate of drug-likeness (QED) is 0.884. The predicted octanol–water partition coefficient (Wildman–Crippen LogP) is 1.64. The number of hydrogen-bond acceptors (Lipinski definition) is 4. The number of hydrogen-bond donors (Lipinski definition) is 2. The number of likely N-dealkylation sites (N-methyl/N-ethyl adjacent to an activating group) is 1. The predicted molar refractivity (Wildman–Crippen MR) is 70.2 cm³/mol. The molecule has 0 aliphatic carbocycles. The highest BCUT2D eigenvalue weighted by Crippen LogP contribution is 2.32. The van der Waals surface area contributed by atoms with Gasteiger partial charge in [0.15, 0.2) is 0 Å². The summed E-state index contributed by atoms with van der Waals surface area (Å²) in [6.07, 6.45) is -3.61. The molecule has 3 N–H and O–H groups in total. The van der Waals surface area contributed by atoms with Gasteiger partial charge in [-0.1, -0.05) is 0 Å². The Balaban J connectivity index is 2.92. The summed E-state index contributed by atoms with van der Waals surface area (Å²) in [5.74, 6) is -0.299. The molecule has 112 valence electrons. The van der Waals surface area contributed by atoms with E-state index in [1.54, 1.807) is 13.8 Å². The van der Waals surface area contributed by atoms with Crippen molar-refractivity contribution in [2.45, 2.75) is 26.1 Å². The van der Waals surface area contributed by atoms with Crippen molar-refractivity contribution in [2.75, 3.05) is 24.2 Å². The lowest BCUT2D eigenvalue weighted by Gasteiger charge is -2.22. The van der Waals surface area contributed by atoms with Crippen molar-refractivity contribution in [3.63, 3.8) is 0 Å². The number of halogens is 3. The van der Waals surface area contributed by atoms with Crippen LogP contribution in [-0.2, 0) is 11.0 Å². The van der Waals surface area contributed by atoms with Gasteiger partial charge in [-0.15, -0.1) is 0 Å². The van der Waals surface area contributed by atoms with Crippen LogP contribution in [0.1, 0.15) is 19.5 Å². The molecule has 0 bridgehead atoms. The number of nitrogens with one attached hydrogen (secondary N) is 1. The van der Waals surface area contributed by atoms with E-state index in [1.807, 2.05) is 0 Å². The third-order valence-electron chi connectivity index (χ3n) is 2.44. The number of carbonyl (C=O) groups is 1. The lowest BCUT2D eigenvalue weighted by Crippen LogP contribution is -2.38. The van der Waals surface area contributed by atoms with Gasteiger partial charge in [0.2, 0.25) is 5.91 Å². The molecule has 0 atom stereocenters. The summed E-state index contributed by atoms with van der Waals surface area (Å²) in [5, 5.41) is 2.65. The van der Waals surface area contributed by atoms with Crippen LogP contribution in [-0.4, -0.2) is 30.5 Å². The normalized spacial score (nSPS) is 11.6. The van der Waals surface area contributed by atoms with Gasteiger partial charge in [0.05, 0.1) is 24.1 Å². The van der Waals surface area contributed by atoms with Gasteiger partial charge < -0.3 is 16.0 Å². The second-order valence-corrected chi connectivity index (χ2v) is 4.70. The first-order valence-corrected chi connectivity index (χ1v) is 5.94. The molecule has 0 saturated carbocycles. The van der Waals surface area contributed by atoms with Crippen LogP contribution in [0.4, 0.5) is 24.5 Å². The molecule has 0 aliphatic heterocycles. The fourth-order valence-corrected chi connectivity index (χ4v) is 1.61. The maximum atomic E-state index is 12.6. The summed E-state index contributed by atoms with van der Waals surface area (Å²) < 4.78 is 37.8. The molecule has 0 spiro atoms. The van der Waals surface area contributed by atoms with Crippen LogP contribution >= 0.6 is 0 Å². The highest BCUT2D eigenvalue weighted by molar-refractivity contribution is 5.83.